The lowest BCUT2D eigenvalue weighted by Crippen LogP contribution is -2.45. The van der Waals surface area contributed by atoms with Crippen LogP contribution in [0.4, 0.5) is 4.39 Å². The van der Waals surface area contributed by atoms with E-state index in [9.17, 15) is 14.4 Å². The van der Waals surface area contributed by atoms with Gasteiger partial charge in [0, 0.05) is 18.4 Å². The molecular weight excluding hydrogens is 473 g/mol. The number of rotatable bonds is 6. The number of carbonyl (C=O) groups is 1. The molecule has 6 heteroatoms. The van der Waals surface area contributed by atoms with Crippen molar-refractivity contribution in [1.82, 2.24) is 9.80 Å². The Morgan fingerprint density at radius 2 is 1.86 bits per heavy atom. The molecular formula is C30H35ClFN3O. The molecule has 3 aromatic carbocycles. The molecule has 0 radical (unpaired) electrons. The number of nitrogens with zero attached hydrogens (tertiary/aromatic N) is 3. The highest BCUT2D eigenvalue weighted by Crippen LogP contribution is 2.40. The SMILES string of the molecule is CCN(C(=O)CC1(c2ccc(F)c(C)c2)CCN(C)CC1)C(C)c1cc(C#N)cc2ccccc12.Cl. The third-order valence-corrected chi connectivity index (χ3v) is 7.81. The Morgan fingerprint density at radius 1 is 1.17 bits per heavy atom. The molecule has 0 aliphatic carbocycles. The highest BCUT2D eigenvalue weighted by molar-refractivity contribution is 5.88. The van der Waals surface area contributed by atoms with Crippen molar-refractivity contribution in [3.63, 3.8) is 0 Å². The van der Waals surface area contributed by atoms with Crippen LogP contribution in [0.15, 0.2) is 54.6 Å². The Balaban J connectivity index is 0.00000361. The van der Waals surface area contributed by atoms with E-state index < -0.39 is 0 Å². The van der Waals surface area contributed by atoms with Gasteiger partial charge in [-0.3, -0.25) is 4.79 Å². The second kappa shape index (κ2) is 11.4. The first-order chi connectivity index (χ1) is 16.8. The third-order valence-electron chi connectivity index (χ3n) is 7.81. The first kappa shape index (κ1) is 27.6. The fourth-order valence-electron chi connectivity index (χ4n) is 5.56. The first-order valence-corrected chi connectivity index (χ1v) is 12.5. The predicted octanol–water partition coefficient (Wildman–Crippen LogP) is 6.54. The summed E-state index contributed by atoms with van der Waals surface area (Å²) in [5.74, 6) is -0.116. The van der Waals surface area contributed by atoms with Gasteiger partial charge in [-0.1, -0.05) is 36.4 Å². The van der Waals surface area contributed by atoms with Gasteiger partial charge in [-0.05, 0) is 99.4 Å². The maximum Gasteiger partial charge on any atom is 0.223 e. The molecule has 1 atom stereocenters. The molecule has 0 N–H and O–H groups in total. The Kier molecular flexibility index (Phi) is 8.76. The molecule has 190 valence electrons. The Bertz CT molecular complexity index is 1280. The number of hydrogen-bond acceptors (Lipinski definition) is 3. The number of piperidine rings is 1. The second-order valence-corrected chi connectivity index (χ2v) is 9.98. The van der Waals surface area contributed by atoms with Gasteiger partial charge >= 0.3 is 0 Å². The summed E-state index contributed by atoms with van der Waals surface area (Å²) < 4.78 is 14.1. The van der Waals surface area contributed by atoms with Crippen LogP contribution in [0, 0.1) is 24.1 Å². The summed E-state index contributed by atoms with van der Waals surface area (Å²) in [6, 6.07) is 19.3. The van der Waals surface area contributed by atoms with E-state index in [0.29, 0.717) is 24.1 Å². The van der Waals surface area contributed by atoms with Crippen LogP contribution in [0.5, 0.6) is 0 Å². The van der Waals surface area contributed by atoms with Crippen LogP contribution in [0.3, 0.4) is 0 Å². The lowest BCUT2D eigenvalue weighted by Gasteiger charge is -2.42. The Labute approximate surface area is 220 Å². The fourth-order valence-corrected chi connectivity index (χ4v) is 5.56. The summed E-state index contributed by atoms with van der Waals surface area (Å²) in [5, 5.41) is 11.7. The number of nitriles is 1. The van der Waals surface area contributed by atoms with Crippen molar-refractivity contribution in [2.45, 2.75) is 51.5 Å². The normalized spacial score (nSPS) is 16.1. The first-order valence-electron chi connectivity index (χ1n) is 12.5. The molecule has 36 heavy (non-hydrogen) atoms. The zero-order valence-corrected chi connectivity index (χ0v) is 22.4. The van der Waals surface area contributed by atoms with Gasteiger partial charge in [-0.25, -0.2) is 4.39 Å². The van der Waals surface area contributed by atoms with E-state index in [-0.39, 0.29) is 35.6 Å². The van der Waals surface area contributed by atoms with E-state index in [1.165, 1.54) is 6.07 Å². The molecule has 0 spiro atoms. The topological polar surface area (TPSA) is 47.3 Å². The van der Waals surface area contributed by atoms with Gasteiger partial charge in [0.15, 0.2) is 0 Å². The molecule has 0 aromatic heterocycles. The van der Waals surface area contributed by atoms with E-state index in [2.05, 4.69) is 24.1 Å². The molecule has 4 nitrogen and oxygen atoms in total. The Hall–Kier alpha value is -2.94. The highest BCUT2D eigenvalue weighted by Gasteiger charge is 2.39. The third kappa shape index (κ3) is 5.40. The number of likely N-dealkylation sites (tertiary alicyclic amines) is 1. The molecule has 1 saturated heterocycles. The van der Waals surface area contributed by atoms with Crippen LogP contribution < -0.4 is 0 Å². The van der Waals surface area contributed by atoms with Gasteiger partial charge in [0.05, 0.1) is 17.7 Å². The minimum atomic E-state index is -0.314. The number of hydrogen-bond donors (Lipinski definition) is 0. The zero-order valence-electron chi connectivity index (χ0n) is 21.6. The van der Waals surface area contributed by atoms with Crippen LogP contribution in [-0.4, -0.2) is 42.4 Å². The maximum absolute atomic E-state index is 14.1. The van der Waals surface area contributed by atoms with Gasteiger partial charge < -0.3 is 9.80 Å². The summed E-state index contributed by atoms with van der Waals surface area (Å²) in [7, 11) is 2.11. The summed E-state index contributed by atoms with van der Waals surface area (Å²) in [4.78, 5) is 18.2. The van der Waals surface area contributed by atoms with E-state index in [4.69, 9.17) is 0 Å². The van der Waals surface area contributed by atoms with Gasteiger partial charge in [-0.15, -0.1) is 12.4 Å². The van der Waals surface area contributed by atoms with E-state index in [0.717, 1.165) is 47.8 Å². The predicted molar refractivity (Wildman–Crippen MR) is 146 cm³/mol. The molecule has 1 heterocycles. The van der Waals surface area contributed by atoms with Crippen molar-refractivity contribution in [2.24, 2.45) is 0 Å². The molecule has 1 fully saturated rings. The number of fused-ring (bicyclic) bond motifs is 1. The molecule has 1 amide bonds. The van der Waals surface area contributed by atoms with Crippen molar-refractivity contribution < 1.29 is 9.18 Å². The van der Waals surface area contributed by atoms with E-state index in [1.807, 2.05) is 61.2 Å². The van der Waals surface area contributed by atoms with Crippen LogP contribution >= 0.6 is 12.4 Å². The number of halogens is 2. The van der Waals surface area contributed by atoms with E-state index >= 15 is 0 Å². The molecule has 4 rings (SSSR count). The van der Waals surface area contributed by atoms with Crippen molar-refractivity contribution in [3.05, 3.63) is 82.7 Å². The molecule has 1 unspecified atom stereocenters. The number of amides is 1. The summed E-state index contributed by atoms with van der Waals surface area (Å²) in [6.07, 6.45) is 2.11. The molecule has 1 aliphatic heterocycles. The number of benzene rings is 3. The van der Waals surface area contributed by atoms with Crippen molar-refractivity contribution in [2.75, 3.05) is 26.7 Å². The summed E-state index contributed by atoms with van der Waals surface area (Å²) in [6.45, 7) is 8.23. The fraction of sp³-hybridized carbons (Fsp3) is 0.400. The number of carbonyl (C=O) groups excluding carboxylic acids is 1. The van der Waals surface area contributed by atoms with Crippen molar-refractivity contribution in [3.8, 4) is 6.07 Å². The van der Waals surface area contributed by atoms with Crippen LogP contribution in [0.2, 0.25) is 0 Å². The van der Waals surface area contributed by atoms with Gasteiger partial charge in [0.2, 0.25) is 5.91 Å². The Morgan fingerprint density at radius 3 is 2.50 bits per heavy atom. The largest absolute Gasteiger partial charge is 0.336 e. The van der Waals surface area contributed by atoms with Gasteiger partial charge in [0.25, 0.3) is 0 Å². The quantitative estimate of drug-likeness (QED) is 0.380. The van der Waals surface area contributed by atoms with Crippen LogP contribution in [0.1, 0.15) is 61.4 Å². The average Bonchev–Trinajstić information content (AvgIpc) is 2.86. The molecule has 3 aromatic rings. The number of aryl methyl sites for hydroxylation is 1. The standard InChI is InChI=1S/C30H34FN3O.ClH/c1-5-34(22(3)27-18-23(20-32)17-24-8-6-7-9-26(24)27)29(35)19-30(12-14-33(4)15-13-30)25-10-11-28(31)21(2)16-25;/h6-11,16-18,22H,5,12-15,19H2,1-4H3;1H. The molecule has 0 bridgehead atoms. The minimum Gasteiger partial charge on any atom is -0.336 e. The maximum atomic E-state index is 14.1. The van der Waals surface area contributed by atoms with Crippen molar-refractivity contribution >= 4 is 29.1 Å². The average molecular weight is 508 g/mol. The zero-order chi connectivity index (χ0) is 25.2. The summed E-state index contributed by atoms with van der Waals surface area (Å²) >= 11 is 0. The van der Waals surface area contributed by atoms with E-state index in [1.54, 1.807) is 6.92 Å². The highest BCUT2D eigenvalue weighted by atomic mass is 35.5. The van der Waals surface area contributed by atoms with Gasteiger partial charge in [-0.2, -0.15) is 5.26 Å². The lowest BCUT2D eigenvalue weighted by atomic mass is 9.70. The summed E-state index contributed by atoms with van der Waals surface area (Å²) in [5.41, 5.74) is 2.95. The smallest absolute Gasteiger partial charge is 0.223 e. The van der Waals surface area contributed by atoms with Crippen molar-refractivity contribution in [1.29, 1.82) is 5.26 Å². The lowest BCUT2D eigenvalue weighted by molar-refractivity contribution is -0.135. The van der Waals surface area contributed by atoms with Gasteiger partial charge in [0.1, 0.15) is 5.82 Å². The molecule has 0 saturated carbocycles. The minimum absolute atomic E-state index is 0. The van der Waals surface area contributed by atoms with Crippen LogP contribution in [-0.2, 0) is 10.2 Å². The monoisotopic (exact) mass is 507 g/mol. The molecule has 1 aliphatic rings. The second-order valence-electron chi connectivity index (χ2n) is 9.98. The van der Waals surface area contributed by atoms with Crippen LogP contribution in [0.25, 0.3) is 10.8 Å².